The Morgan fingerprint density at radius 2 is 2.00 bits per heavy atom. The number of nitrogens with zero attached hydrogens (tertiary/aromatic N) is 1. The van der Waals surface area contributed by atoms with E-state index < -0.39 is 27.5 Å². The third kappa shape index (κ3) is 2.03. The molecule has 0 bridgehead atoms. The smallest absolute Gasteiger partial charge is 0.248 e. The molecule has 1 N–H and O–H groups in total. The lowest BCUT2D eigenvalue weighted by Crippen LogP contribution is -2.69. The molecule has 2 unspecified atom stereocenters. The molecule has 2 amide bonds. The summed E-state index contributed by atoms with van der Waals surface area (Å²) in [6, 6.07) is -1.21. The number of amides is 2. The van der Waals surface area contributed by atoms with Gasteiger partial charge in [-0.3, -0.25) is 9.59 Å². The van der Waals surface area contributed by atoms with Gasteiger partial charge in [0.15, 0.2) is 9.84 Å². The summed E-state index contributed by atoms with van der Waals surface area (Å²) in [5.41, 5.74) is -0.996. The predicted molar refractivity (Wildman–Crippen MR) is 65.2 cm³/mol. The van der Waals surface area contributed by atoms with E-state index in [2.05, 4.69) is 5.32 Å². The number of hydrogen-bond donors (Lipinski definition) is 1. The number of sulfone groups is 1. The Morgan fingerprint density at radius 3 is 2.50 bits per heavy atom. The Hall–Kier alpha value is -1.37. The molecule has 7 heteroatoms. The van der Waals surface area contributed by atoms with Gasteiger partial charge in [0.25, 0.3) is 0 Å². The number of carbonyl (C=O) groups is 2. The summed E-state index contributed by atoms with van der Waals surface area (Å²) >= 11 is 0. The van der Waals surface area contributed by atoms with Crippen LogP contribution in [0.25, 0.3) is 0 Å². The maximum absolute atomic E-state index is 12.3. The Labute approximate surface area is 106 Å². The van der Waals surface area contributed by atoms with Crippen molar-refractivity contribution in [2.75, 3.05) is 5.75 Å². The van der Waals surface area contributed by atoms with Gasteiger partial charge in [-0.15, -0.1) is 0 Å². The maximum Gasteiger partial charge on any atom is 0.248 e. The van der Waals surface area contributed by atoms with Crippen molar-refractivity contribution in [3.8, 4) is 0 Å². The average Bonchev–Trinajstić information content (AvgIpc) is 2.56. The molecule has 0 spiro atoms. The Bertz CT molecular complexity index is 535. The number of hydrogen-bond acceptors (Lipinski definition) is 4. The lowest BCUT2D eigenvalue weighted by Gasteiger charge is -2.43. The second kappa shape index (κ2) is 3.81. The molecule has 2 atom stereocenters. The highest BCUT2D eigenvalue weighted by Crippen LogP contribution is 2.24. The van der Waals surface area contributed by atoms with Gasteiger partial charge >= 0.3 is 0 Å². The predicted octanol–water partition coefficient (Wildman–Crippen LogP) is -0.577. The molecule has 18 heavy (non-hydrogen) atoms. The largest absolute Gasteiger partial charge is 0.340 e. The molecular weight excluding hydrogens is 256 g/mol. The lowest BCUT2D eigenvalue weighted by molar-refractivity contribution is -0.154. The van der Waals surface area contributed by atoms with Gasteiger partial charge < -0.3 is 10.2 Å². The second-order valence-electron chi connectivity index (χ2n) is 5.23. The lowest BCUT2D eigenvalue weighted by atomic mass is 9.96. The third-order valence-corrected chi connectivity index (χ3v) is 4.65. The molecule has 0 aliphatic carbocycles. The van der Waals surface area contributed by atoms with Crippen molar-refractivity contribution in [2.45, 2.75) is 38.4 Å². The van der Waals surface area contributed by atoms with E-state index in [-0.39, 0.29) is 17.6 Å². The number of nitrogens with one attached hydrogen (secondary N) is 1. The normalized spacial score (nSPS) is 33.6. The van der Waals surface area contributed by atoms with Crippen molar-refractivity contribution in [3.63, 3.8) is 0 Å². The molecule has 2 rings (SSSR count). The Balaban J connectivity index is 2.34. The van der Waals surface area contributed by atoms with Crippen LogP contribution in [0.4, 0.5) is 0 Å². The highest BCUT2D eigenvalue weighted by atomic mass is 32.2. The summed E-state index contributed by atoms with van der Waals surface area (Å²) in [5.74, 6) is -0.675. The van der Waals surface area contributed by atoms with E-state index >= 15 is 0 Å². The van der Waals surface area contributed by atoms with Crippen LogP contribution in [0.3, 0.4) is 0 Å². The zero-order valence-electron chi connectivity index (χ0n) is 10.5. The minimum atomic E-state index is -3.25. The number of carbonyl (C=O) groups excluding carboxylic acids is 2. The van der Waals surface area contributed by atoms with E-state index in [4.69, 9.17) is 0 Å². The van der Waals surface area contributed by atoms with E-state index in [0.29, 0.717) is 0 Å². The van der Waals surface area contributed by atoms with Gasteiger partial charge in [-0.1, -0.05) is 0 Å². The summed E-state index contributed by atoms with van der Waals surface area (Å²) in [7, 11) is -3.25. The fourth-order valence-corrected chi connectivity index (χ4v) is 3.54. The standard InChI is InChI=1S/C11H16N2O4S/c1-7-9(14)12-11(2,3)10(15)13(7)8-4-5-18(16,17)6-8/h4-5,7-8H,6H2,1-3H3,(H,12,14). The average molecular weight is 272 g/mol. The van der Waals surface area contributed by atoms with E-state index in [9.17, 15) is 18.0 Å². The molecule has 0 aromatic heterocycles. The summed E-state index contributed by atoms with van der Waals surface area (Å²) < 4.78 is 22.8. The molecule has 0 radical (unpaired) electrons. The summed E-state index contributed by atoms with van der Waals surface area (Å²) in [6.45, 7) is 4.82. The molecule has 2 aliphatic heterocycles. The van der Waals surface area contributed by atoms with Crippen LogP contribution in [0.2, 0.25) is 0 Å². The van der Waals surface area contributed by atoms with Crippen LogP contribution in [-0.2, 0) is 19.4 Å². The molecule has 0 aromatic carbocycles. The molecule has 2 aliphatic rings. The Kier molecular flexibility index (Phi) is 2.77. The summed E-state index contributed by atoms with van der Waals surface area (Å²) in [6.07, 6.45) is 1.47. The van der Waals surface area contributed by atoms with Crippen molar-refractivity contribution in [1.29, 1.82) is 0 Å². The maximum atomic E-state index is 12.3. The van der Waals surface area contributed by atoms with Crippen LogP contribution >= 0.6 is 0 Å². The van der Waals surface area contributed by atoms with Gasteiger partial charge in [0.05, 0.1) is 11.8 Å². The molecule has 6 nitrogen and oxygen atoms in total. The fourth-order valence-electron chi connectivity index (χ4n) is 2.26. The molecule has 1 saturated heterocycles. The highest BCUT2D eigenvalue weighted by molar-refractivity contribution is 7.94. The monoisotopic (exact) mass is 272 g/mol. The first-order valence-electron chi connectivity index (χ1n) is 5.70. The highest BCUT2D eigenvalue weighted by Gasteiger charge is 2.47. The third-order valence-electron chi connectivity index (χ3n) is 3.27. The van der Waals surface area contributed by atoms with E-state index in [0.717, 1.165) is 5.41 Å². The summed E-state index contributed by atoms with van der Waals surface area (Å²) in [4.78, 5) is 25.4. The van der Waals surface area contributed by atoms with E-state index in [1.807, 2.05) is 0 Å². The SMILES string of the molecule is CC1C(=O)NC(C)(C)C(=O)N1C1C=CS(=O)(=O)C1. The van der Waals surface area contributed by atoms with E-state index in [1.54, 1.807) is 20.8 Å². The van der Waals surface area contributed by atoms with Crippen LogP contribution in [0.1, 0.15) is 20.8 Å². The van der Waals surface area contributed by atoms with Crippen molar-refractivity contribution in [3.05, 3.63) is 11.5 Å². The Morgan fingerprint density at radius 1 is 1.39 bits per heavy atom. The van der Waals surface area contributed by atoms with Gasteiger partial charge in [0.1, 0.15) is 11.6 Å². The first kappa shape index (κ1) is 13.1. The summed E-state index contributed by atoms with van der Waals surface area (Å²) in [5, 5.41) is 3.73. The van der Waals surface area contributed by atoms with Gasteiger partial charge in [-0.25, -0.2) is 8.42 Å². The molecule has 1 fully saturated rings. The van der Waals surface area contributed by atoms with Gasteiger partial charge in [-0.05, 0) is 26.8 Å². The topological polar surface area (TPSA) is 83.6 Å². The molecule has 2 heterocycles. The van der Waals surface area contributed by atoms with Crippen LogP contribution in [0.15, 0.2) is 11.5 Å². The minimum absolute atomic E-state index is 0.146. The van der Waals surface area contributed by atoms with Crippen LogP contribution in [0, 0.1) is 0 Å². The second-order valence-corrected chi connectivity index (χ2v) is 7.16. The fraction of sp³-hybridized carbons (Fsp3) is 0.636. The molecule has 0 aromatic rings. The van der Waals surface area contributed by atoms with Crippen molar-refractivity contribution >= 4 is 21.7 Å². The van der Waals surface area contributed by atoms with E-state index in [1.165, 1.54) is 11.0 Å². The minimum Gasteiger partial charge on any atom is -0.340 e. The van der Waals surface area contributed by atoms with Crippen LogP contribution in [0.5, 0.6) is 0 Å². The number of rotatable bonds is 1. The molecule has 0 saturated carbocycles. The van der Waals surface area contributed by atoms with Crippen molar-refractivity contribution < 1.29 is 18.0 Å². The first-order chi connectivity index (χ1) is 8.14. The van der Waals surface area contributed by atoms with Gasteiger partial charge in [-0.2, -0.15) is 0 Å². The molecular formula is C11H16N2O4S. The van der Waals surface area contributed by atoms with Gasteiger partial charge in [0.2, 0.25) is 11.8 Å². The zero-order valence-corrected chi connectivity index (χ0v) is 11.3. The molecule has 100 valence electrons. The van der Waals surface area contributed by atoms with Crippen molar-refractivity contribution in [1.82, 2.24) is 10.2 Å². The zero-order chi connectivity index (χ0) is 13.7. The quantitative estimate of drug-likeness (QED) is 0.692. The van der Waals surface area contributed by atoms with Crippen molar-refractivity contribution in [2.24, 2.45) is 0 Å². The number of piperazine rings is 1. The van der Waals surface area contributed by atoms with Gasteiger partial charge in [0, 0.05) is 5.41 Å². The van der Waals surface area contributed by atoms with Crippen LogP contribution < -0.4 is 5.32 Å². The first-order valence-corrected chi connectivity index (χ1v) is 7.41. The van der Waals surface area contributed by atoms with Crippen LogP contribution in [-0.4, -0.2) is 48.5 Å².